The fourth-order valence-electron chi connectivity index (χ4n) is 3.83. The molecule has 0 radical (unpaired) electrons. The molecule has 0 bridgehead atoms. The van der Waals surface area contributed by atoms with E-state index in [4.69, 9.17) is 4.74 Å². The second kappa shape index (κ2) is 6.53. The largest absolute Gasteiger partial charge is 0.487 e. The summed E-state index contributed by atoms with van der Waals surface area (Å²) < 4.78 is 22.9. The third-order valence-corrected chi connectivity index (χ3v) is 5.43. The molecule has 0 spiro atoms. The van der Waals surface area contributed by atoms with E-state index in [1.165, 1.54) is 13.1 Å². The quantitative estimate of drug-likeness (QED) is 0.856. The van der Waals surface area contributed by atoms with Gasteiger partial charge >= 0.3 is 0 Å². The lowest BCUT2D eigenvalue weighted by molar-refractivity contribution is 0.0961. The summed E-state index contributed by atoms with van der Waals surface area (Å²) in [6.45, 7) is 5.32. The molecular formula is C19H23FN4O3. The standard InChI is InChI=1S/C19H23FN4O3/c1-11-10-27-18-15-12(17(25)13(9-24(11)15)19(26)21-2)8-14(20)16(18)23-6-4-22(3)5-7-23/h8-9,11H,4-7,10H2,1-3H3,(H,21,26). The lowest BCUT2D eigenvalue weighted by Crippen LogP contribution is -2.45. The first-order valence-corrected chi connectivity index (χ1v) is 9.12. The van der Waals surface area contributed by atoms with Crippen molar-refractivity contribution >= 4 is 22.5 Å². The first kappa shape index (κ1) is 17.8. The first-order chi connectivity index (χ1) is 12.9. The Morgan fingerprint density at radius 2 is 2.00 bits per heavy atom. The minimum atomic E-state index is -0.491. The number of halogens is 1. The van der Waals surface area contributed by atoms with Gasteiger partial charge in [0.05, 0.1) is 16.9 Å². The van der Waals surface area contributed by atoms with E-state index in [0.717, 1.165) is 13.1 Å². The number of nitrogens with zero attached hydrogens (tertiary/aromatic N) is 3. The van der Waals surface area contributed by atoms with Crippen molar-refractivity contribution in [3.05, 3.63) is 33.9 Å². The smallest absolute Gasteiger partial charge is 0.256 e. The summed E-state index contributed by atoms with van der Waals surface area (Å²) in [5, 5.41) is 2.65. The third kappa shape index (κ3) is 2.75. The zero-order valence-corrected chi connectivity index (χ0v) is 15.7. The number of rotatable bonds is 2. The Kier molecular flexibility index (Phi) is 4.30. The predicted molar refractivity (Wildman–Crippen MR) is 101 cm³/mol. The molecule has 4 rings (SSSR count). The van der Waals surface area contributed by atoms with Crippen molar-refractivity contribution in [1.29, 1.82) is 0 Å². The SMILES string of the molecule is CNC(=O)c1cn2c3c(c(N4CCN(C)CC4)c(F)cc3c1=O)OCC2C. The molecule has 2 aliphatic heterocycles. The second-order valence-electron chi connectivity index (χ2n) is 7.24. The molecule has 1 saturated heterocycles. The molecule has 3 heterocycles. The molecule has 1 fully saturated rings. The number of benzene rings is 1. The van der Waals surface area contributed by atoms with Crippen LogP contribution in [-0.4, -0.2) is 62.3 Å². The van der Waals surface area contributed by atoms with Crippen LogP contribution in [0, 0.1) is 5.82 Å². The number of hydrogen-bond acceptors (Lipinski definition) is 5. The van der Waals surface area contributed by atoms with Crippen molar-refractivity contribution in [2.45, 2.75) is 13.0 Å². The van der Waals surface area contributed by atoms with Gasteiger partial charge in [-0.1, -0.05) is 0 Å². The summed E-state index contributed by atoms with van der Waals surface area (Å²) in [6.07, 6.45) is 1.56. The van der Waals surface area contributed by atoms with E-state index < -0.39 is 17.2 Å². The van der Waals surface area contributed by atoms with Crippen LogP contribution in [0.1, 0.15) is 23.3 Å². The van der Waals surface area contributed by atoms with Crippen LogP contribution < -0.4 is 20.4 Å². The molecule has 2 aromatic rings. The summed E-state index contributed by atoms with van der Waals surface area (Å²) in [6, 6.07) is 1.17. The Hall–Kier alpha value is -2.61. The molecule has 7 nitrogen and oxygen atoms in total. The van der Waals surface area contributed by atoms with Gasteiger partial charge in [-0.2, -0.15) is 0 Å². The number of amides is 1. The van der Waals surface area contributed by atoms with Gasteiger partial charge < -0.3 is 24.4 Å². The molecule has 0 saturated carbocycles. The van der Waals surface area contributed by atoms with Crippen molar-refractivity contribution < 1.29 is 13.9 Å². The van der Waals surface area contributed by atoms with E-state index in [-0.39, 0.29) is 17.0 Å². The zero-order valence-electron chi connectivity index (χ0n) is 15.7. The highest BCUT2D eigenvalue weighted by atomic mass is 19.1. The fraction of sp³-hybridized carbons (Fsp3) is 0.474. The van der Waals surface area contributed by atoms with Gasteiger partial charge in [0, 0.05) is 39.4 Å². The van der Waals surface area contributed by atoms with Gasteiger partial charge in [0.15, 0.2) is 11.6 Å². The average molecular weight is 374 g/mol. The summed E-state index contributed by atoms with van der Waals surface area (Å²) >= 11 is 0. The Labute approximate surface area is 156 Å². The molecule has 144 valence electrons. The lowest BCUT2D eigenvalue weighted by atomic mass is 10.0. The molecule has 8 heteroatoms. The minimum Gasteiger partial charge on any atom is -0.487 e. The number of carbonyl (C=O) groups excluding carboxylic acids is 1. The first-order valence-electron chi connectivity index (χ1n) is 9.12. The van der Waals surface area contributed by atoms with Gasteiger partial charge in [0.1, 0.15) is 17.9 Å². The molecule has 1 amide bonds. The molecule has 1 aromatic carbocycles. The molecular weight excluding hydrogens is 351 g/mol. The van der Waals surface area contributed by atoms with Crippen LogP contribution >= 0.6 is 0 Å². The van der Waals surface area contributed by atoms with Crippen LogP contribution in [0.4, 0.5) is 10.1 Å². The van der Waals surface area contributed by atoms with E-state index in [1.807, 2.05) is 23.4 Å². The van der Waals surface area contributed by atoms with Crippen LogP contribution in [0.5, 0.6) is 5.75 Å². The van der Waals surface area contributed by atoms with Crippen LogP contribution in [0.15, 0.2) is 17.1 Å². The molecule has 2 aliphatic rings. The second-order valence-corrected chi connectivity index (χ2v) is 7.24. The molecule has 1 N–H and O–H groups in total. The van der Waals surface area contributed by atoms with Crippen LogP contribution in [0.3, 0.4) is 0 Å². The Bertz CT molecular complexity index is 979. The van der Waals surface area contributed by atoms with Crippen molar-refractivity contribution in [3.8, 4) is 5.75 Å². The minimum absolute atomic E-state index is 0.0106. The Morgan fingerprint density at radius 1 is 1.30 bits per heavy atom. The predicted octanol–water partition coefficient (Wildman–Crippen LogP) is 1.21. The number of nitrogens with one attached hydrogen (secondary N) is 1. The van der Waals surface area contributed by atoms with E-state index in [2.05, 4.69) is 10.2 Å². The Morgan fingerprint density at radius 3 is 2.67 bits per heavy atom. The number of piperazine rings is 1. The maximum Gasteiger partial charge on any atom is 0.256 e. The van der Waals surface area contributed by atoms with E-state index in [0.29, 0.717) is 36.6 Å². The van der Waals surface area contributed by atoms with Crippen molar-refractivity contribution in [2.24, 2.45) is 0 Å². The highest BCUT2D eigenvalue weighted by Crippen LogP contribution is 2.42. The molecule has 1 unspecified atom stereocenters. The van der Waals surface area contributed by atoms with Crippen LogP contribution in [0.25, 0.3) is 10.9 Å². The summed E-state index contributed by atoms with van der Waals surface area (Å²) in [5.41, 5.74) is 0.491. The summed E-state index contributed by atoms with van der Waals surface area (Å²) in [4.78, 5) is 29.1. The number of ether oxygens (including phenoxy) is 1. The molecule has 27 heavy (non-hydrogen) atoms. The maximum absolute atomic E-state index is 15.1. The van der Waals surface area contributed by atoms with E-state index >= 15 is 4.39 Å². The van der Waals surface area contributed by atoms with Crippen LogP contribution in [-0.2, 0) is 0 Å². The third-order valence-electron chi connectivity index (χ3n) is 5.43. The highest BCUT2D eigenvalue weighted by molar-refractivity contribution is 6.00. The summed E-state index contributed by atoms with van der Waals surface area (Å²) in [7, 11) is 3.51. The number of carbonyl (C=O) groups is 1. The lowest BCUT2D eigenvalue weighted by Gasteiger charge is -2.37. The van der Waals surface area contributed by atoms with Crippen molar-refractivity contribution in [1.82, 2.24) is 14.8 Å². The van der Waals surface area contributed by atoms with Gasteiger partial charge in [-0.05, 0) is 20.0 Å². The van der Waals surface area contributed by atoms with Crippen LogP contribution in [0.2, 0.25) is 0 Å². The van der Waals surface area contributed by atoms with Gasteiger partial charge in [0.25, 0.3) is 5.91 Å². The molecule has 1 atom stereocenters. The fourth-order valence-corrected chi connectivity index (χ4v) is 3.83. The topological polar surface area (TPSA) is 66.8 Å². The Balaban J connectivity index is 1.99. The zero-order chi connectivity index (χ0) is 19.3. The number of pyridine rings is 1. The van der Waals surface area contributed by atoms with Crippen molar-refractivity contribution in [3.63, 3.8) is 0 Å². The van der Waals surface area contributed by atoms with Gasteiger partial charge in [-0.15, -0.1) is 0 Å². The van der Waals surface area contributed by atoms with Gasteiger partial charge in [-0.3, -0.25) is 9.59 Å². The van der Waals surface area contributed by atoms with Gasteiger partial charge in [-0.25, -0.2) is 4.39 Å². The highest BCUT2D eigenvalue weighted by Gasteiger charge is 2.30. The van der Waals surface area contributed by atoms with E-state index in [9.17, 15) is 9.59 Å². The van der Waals surface area contributed by atoms with E-state index in [1.54, 1.807) is 6.20 Å². The monoisotopic (exact) mass is 374 g/mol. The normalized spacial score (nSPS) is 19.9. The number of likely N-dealkylation sites (N-methyl/N-ethyl adjacent to an activating group) is 1. The number of hydrogen-bond donors (Lipinski definition) is 1. The summed E-state index contributed by atoms with van der Waals surface area (Å²) in [5.74, 6) is -0.572. The maximum atomic E-state index is 15.1. The molecule has 1 aromatic heterocycles. The average Bonchev–Trinajstić information content (AvgIpc) is 2.66. The number of aromatic nitrogens is 1. The van der Waals surface area contributed by atoms with Gasteiger partial charge in [0.2, 0.25) is 5.43 Å². The van der Waals surface area contributed by atoms with Crippen molar-refractivity contribution in [2.75, 3.05) is 51.8 Å². The molecule has 0 aliphatic carbocycles. The number of anilines is 1.